The second kappa shape index (κ2) is 5.95. The number of hydrogen-bond donors (Lipinski definition) is 2. The molecule has 0 amide bonds. The van der Waals surface area contributed by atoms with Crippen molar-refractivity contribution in [2.75, 3.05) is 6.61 Å². The number of aryl methyl sites for hydroxylation is 1. The number of aromatic amines is 1. The quantitative estimate of drug-likeness (QED) is 0.757. The summed E-state index contributed by atoms with van der Waals surface area (Å²) in [5.41, 5.74) is 2.58. The largest absolute Gasteiger partial charge is 0.504 e. The van der Waals surface area contributed by atoms with Crippen LogP contribution >= 0.6 is 0 Å². The molecule has 124 valence electrons. The minimum atomic E-state index is -0.0303. The molecule has 0 saturated carbocycles. The molecule has 4 rings (SSSR count). The minimum absolute atomic E-state index is 0.0303. The van der Waals surface area contributed by atoms with Crippen molar-refractivity contribution in [3.8, 4) is 22.9 Å². The lowest BCUT2D eigenvalue weighted by Crippen LogP contribution is -2.11. The van der Waals surface area contributed by atoms with Crippen molar-refractivity contribution < 1.29 is 14.4 Å². The Hall–Kier alpha value is -2.90. The first-order chi connectivity index (χ1) is 11.8. The number of hydrogen-bond acceptors (Lipinski definition) is 7. The Balaban J connectivity index is 1.66. The fourth-order valence-corrected chi connectivity index (χ4v) is 2.99. The number of fused-ring (bicyclic) bond motifs is 1. The highest BCUT2D eigenvalue weighted by molar-refractivity contribution is 5.60. The lowest BCUT2D eigenvalue weighted by molar-refractivity contribution is 0.318. The molecule has 2 N–H and O–H groups in total. The molecule has 1 aliphatic rings. The molecule has 2 heterocycles. The summed E-state index contributed by atoms with van der Waals surface area (Å²) in [5.74, 6) is 1.45. The third kappa shape index (κ3) is 2.49. The summed E-state index contributed by atoms with van der Waals surface area (Å²) >= 11 is 0. The maximum atomic E-state index is 9.80. The molecule has 3 aromatic rings. The average Bonchev–Trinajstić information content (AvgIpc) is 3.25. The molecular formula is C16H17N5O3. The lowest BCUT2D eigenvalue weighted by Gasteiger charge is -2.15. The number of aromatic hydroxyl groups is 1. The van der Waals surface area contributed by atoms with Crippen molar-refractivity contribution in [1.82, 2.24) is 25.6 Å². The molecule has 0 spiro atoms. The molecule has 1 atom stereocenters. The number of benzene rings is 1. The Kier molecular flexibility index (Phi) is 3.64. The van der Waals surface area contributed by atoms with Crippen LogP contribution in [0.5, 0.6) is 11.5 Å². The van der Waals surface area contributed by atoms with E-state index < -0.39 is 0 Å². The Labute approximate surface area is 137 Å². The van der Waals surface area contributed by atoms with Crippen LogP contribution in [-0.4, -0.2) is 37.3 Å². The van der Waals surface area contributed by atoms with Gasteiger partial charge in [0.1, 0.15) is 0 Å². The van der Waals surface area contributed by atoms with Crippen molar-refractivity contribution in [3.05, 3.63) is 35.5 Å². The van der Waals surface area contributed by atoms with E-state index in [0.29, 0.717) is 24.1 Å². The van der Waals surface area contributed by atoms with Gasteiger partial charge in [-0.05, 0) is 44.4 Å². The standard InChI is InChI=1S/C16H17N5O3/c1-2-23-13-8-9(6-7-12(13)22)15-17-16(24-20-15)10-4-3-5-11-14(10)19-21-18-11/h6-8,10,22H,2-5H2,1H3,(H,18,19,21). The third-order valence-corrected chi connectivity index (χ3v) is 4.15. The Bertz CT molecular complexity index is 857. The number of H-pyrrole nitrogens is 1. The van der Waals surface area contributed by atoms with E-state index in [9.17, 15) is 5.11 Å². The van der Waals surface area contributed by atoms with Gasteiger partial charge in [0.15, 0.2) is 11.5 Å². The van der Waals surface area contributed by atoms with Crippen molar-refractivity contribution >= 4 is 0 Å². The summed E-state index contributed by atoms with van der Waals surface area (Å²) in [4.78, 5) is 4.52. The van der Waals surface area contributed by atoms with Crippen LogP contribution < -0.4 is 4.74 Å². The molecule has 1 unspecified atom stereocenters. The van der Waals surface area contributed by atoms with Gasteiger partial charge in [0.2, 0.25) is 11.7 Å². The Morgan fingerprint density at radius 3 is 3.17 bits per heavy atom. The number of phenolic OH excluding ortho intramolecular Hbond substituents is 1. The van der Waals surface area contributed by atoms with Gasteiger partial charge in [-0.15, -0.1) is 0 Å². The molecule has 1 aromatic carbocycles. The van der Waals surface area contributed by atoms with Crippen LogP contribution in [0.2, 0.25) is 0 Å². The van der Waals surface area contributed by atoms with Gasteiger partial charge in [-0.2, -0.15) is 20.4 Å². The zero-order valence-corrected chi connectivity index (χ0v) is 13.2. The first-order valence-corrected chi connectivity index (χ1v) is 7.95. The molecule has 0 fully saturated rings. The normalized spacial score (nSPS) is 16.8. The highest BCUT2D eigenvalue weighted by Crippen LogP contribution is 2.35. The van der Waals surface area contributed by atoms with Crippen LogP contribution in [0.1, 0.15) is 43.0 Å². The van der Waals surface area contributed by atoms with E-state index >= 15 is 0 Å². The average molecular weight is 327 g/mol. The predicted octanol–water partition coefficient (Wildman–Crippen LogP) is 2.43. The predicted molar refractivity (Wildman–Crippen MR) is 83.7 cm³/mol. The van der Waals surface area contributed by atoms with Crippen molar-refractivity contribution in [1.29, 1.82) is 0 Å². The second-order valence-corrected chi connectivity index (χ2v) is 5.67. The highest BCUT2D eigenvalue weighted by atomic mass is 16.5. The highest BCUT2D eigenvalue weighted by Gasteiger charge is 2.30. The topological polar surface area (TPSA) is 110 Å². The van der Waals surface area contributed by atoms with E-state index in [1.54, 1.807) is 18.2 Å². The number of aromatic nitrogens is 5. The monoisotopic (exact) mass is 327 g/mol. The number of rotatable bonds is 4. The van der Waals surface area contributed by atoms with E-state index in [2.05, 4.69) is 25.6 Å². The molecule has 0 saturated heterocycles. The molecule has 8 nitrogen and oxygen atoms in total. The van der Waals surface area contributed by atoms with Crippen LogP contribution in [0.3, 0.4) is 0 Å². The summed E-state index contributed by atoms with van der Waals surface area (Å²) in [5, 5.41) is 24.9. The molecule has 0 bridgehead atoms. The maximum Gasteiger partial charge on any atom is 0.236 e. The first kappa shape index (κ1) is 14.7. The van der Waals surface area contributed by atoms with Gasteiger partial charge in [0.25, 0.3) is 0 Å². The van der Waals surface area contributed by atoms with E-state index in [1.807, 2.05) is 6.92 Å². The number of nitrogens with one attached hydrogen (secondary N) is 1. The van der Waals surface area contributed by atoms with Gasteiger partial charge in [-0.1, -0.05) is 5.16 Å². The second-order valence-electron chi connectivity index (χ2n) is 5.67. The first-order valence-electron chi connectivity index (χ1n) is 7.95. The molecule has 2 aromatic heterocycles. The smallest absolute Gasteiger partial charge is 0.236 e. The molecule has 0 aliphatic heterocycles. The SMILES string of the molecule is CCOc1cc(-c2noc(C3CCCc4n[nH]nc43)n2)ccc1O. The Morgan fingerprint density at radius 1 is 1.38 bits per heavy atom. The van der Waals surface area contributed by atoms with Gasteiger partial charge in [-0.25, -0.2) is 0 Å². The fraction of sp³-hybridized carbons (Fsp3) is 0.375. The summed E-state index contributed by atoms with van der Waals surface area (Å²) in [6.45, 7) is 2.32. The van der Waals surface area contributed by atoms with Crippen molar-refractivity contribution in [2.45, 2.75) is 32.1 Å². The Morgan fingerprint density at radius 2 is 2.29 bits per heavy atom. The molecule has 24 heavy (non-hydrogen) atoms. The lowest BCUT2D eigenvalue weighted by atomic mass is 9.90. The zero-order valence-electron chi connectivity index (χ0n) is 13.2. The van der Waals surface area contributed by atoms with Gasteiger partial charge < -0.3 is 14.4 Å². The van der Waals surface area contributed by atoms with E-state index in [0.717, 1.165) is 36.2 Å². The third-order valence-electron chi connectivity index (χ3n) is 4.15. The molecule has 0 radical (unpaired) electrons. The van der Waals surface area contributed by atoms with Crippen LogP contribution in [0.25, 0.3) is 11.4 Å². The van der Waals surface area contributed by atoms with Crippen molar-refractivity contribution in [3.63, 3.8) is 0 Å². The number of phenols is 1. The molecule has 8 heteroatoms. The minimum Gasteiger partial charge on any atom is -0.504 e. The van der Waals surface area contributed by atoms with Crippen LogP contribution in [0.15, 0.2) is 22.7 Å². The number of nitrogens with zero attached hydrogens (tertiary/aromatic N) is 4. The summed E-state index contributed by atoms with van der Waals surface area (Å²) in [6, 6.07) is 5.00. The molecule has 1 aliphatic carbocycles. The van der Waals surface area contributed by atoms with Gasteiger partial charge in [-0.3, -0.25) is 0 Å². The number of ether oxygens (including phenoxy) is 1. The summed E-state index contributed by atoms with van der Waals surface area (Å²) < 4.78 is 10.9. The molecular weight excluding hydrogens is 310 g/mol. The van der Waals surface area contributed by atoms with E-state index in [4.69, 9.17) is 9.26 Å². The summed E-state index contributed by atoms with van der Waals surface area (Å²) in [6.07, 6.45) is 2.83. The van der Waals surface area contributed by atoms with Gasteiger partial charge in [0, 0.05) is 5.56 Å². The maximum absolute atomic E-state index is 9.80. The van der Waals surface area contributed by atoms with Crippen LogP contribution in [0.4, 0.5) is 0 Å². The van der Waals surface area contributed by atoms with Crippen LogP contribution in [0, 0.1) is 0 Å². The van der Waals surface area contributed by atoms with Gasteiger partial charge >= 0.3 is 0 Å². The van der Waals surface area contributed by atoms with E-state index in [-0.39, 0.29) is 11.7 Å². The zero-order chi connectivity index (χ0) is 16.5. The van der Waals surface area contributed by atoms with Gasteiger partial charge in [0.05, 0.1) is 23.9 Å². The summed E-state index contributed by atoms with van der Waals surface area (Å²) in [7, 11) is 0. The fourth-order valence-electron chi connectivity index (χ4n) is 2.99. The van der Waals surface area contributed by atoms with Crippen LogP contribution in [-0.2, 0) is 6.42 Å². The van der Waals surface area contributed by atoms with E-state index in [1.165, 1.54) is 0 Å². The van der Waals surface area contributed by atoms with Crippen molar-refractivity contribution in [2.24, 2.45) is 0 Å².